The molecule has 9 heteroatoms. The Balaban J connectivity index is 2.12. The molecule has 1 heterocycles. The van der Waals surface area contributed by atoms with E-state index in [0.717, 1.165) is 0 Å². The molecule has 0 bridgehead atoms. The minimum absolute atomic E-state index is 0.163. The van der Waals surface area contributed by atoms with Crippen molar-refractivity contribution in [1.82, 2.24) is 4.72 Å². The molecule has 0 saturated carbocycles. The molecule has 0 radical (unpaired) electrons. The van der Waals surface area contributed by atoms with E-state index in [1.807, 2.05) is 0 Å². The summed E-state index contributed by atoms with van der Waals surface area (Å²) in [6, 6.07) is 8.06. The number of ether oxygens (including phenoxy) is 2. The second-order valence-corrected chi connectivity index (χ2v) is 7.99. The van der Waals surface area contributed by atoms with Gasteiger partial charge in [-0.25, -0.2) is 22.7 Å². The van der Waals surface area contributed by atoms with Gasteiger partial charge >= 0.3 is 11.9 Å². The monoisotopic (exact) mass is 381 g/mol. The molecule has 26 heavy (non-hydrogen) atoms. The molecule has 2 aromatic rings. The van der Waals surface area contributed by atoms with E-state index >= 15 is 0 Å². The number of carbonyl (C=O) groups is 2. The number of benzene rings is 1. The number of rotatable bonds is 5. The van der Waals surface area contributed by atoms with E-state index in [9.17, 15) is 18.0 Å². The Hall–Kier alpha value is -2.65. The number of esters is 2. The van der Waals surface area contributed by atoms with Crippen LogP contribution in [0.1, 0.15) is 41.7 Å². The first-order valence-corrected chi connectivity index (χ1v) is 9.04. The fourth-order valence-electron chi connectivity index (χ4n) is 1.96. The van der Waals surface area contributed by atoms with Crippen molar-refractivity contribution in [2.75, 3.05) is 7.11 Å². The quantitative estimate of drug-likeness (QED) is 0.625. The van der Waals surface area contributed by atoms with Crippen molar-refractivity contribution in [3.63, 3.8) is 0 Å². The Morgan fingerprint density at radius 3 is 2.15 bits per heavy atom. The maximum absolute atomic E-state index is 12.2. The second-order valence-electron chi connectivity index (χ2n) is 6.38. The second kappa shape index (κ2) is 7.30. The lowest BCUT2D eigenvalue weighted by Gasteiger charge is -2.18. The Morgan fingerprint density at radius 2 is 1.62 bits per heavy atom. The SMILES string of the molecule is COC(=O)c1ccc(OC(=O)c2ccc(S(=O)(=O)NC(C)(C)C)o2)cc1. The van der Waals surface area contributed by atoms with Crippen LogP contribution in [0.25, 0.3) is 0 Å². The van der Waals surface area contributed by atoms with Crippen molar-refractivity contribution in [2.24, 2.45) is 0 Å². The van der Waals surface area contributed by atoms with Crippen LogP contribution < -0.4 is 9.46 Å². The van der Waals surface area contributed by atoms with Crippen LogP contribution in [0.3, 0.4) is 0 Å². The van der Waals surface area contributed by atoms with Crippen LogP contribution in [0, 0.1) is 0 Å². The number of hydrogen-bond acceptors (Lipinski definition) is 7. The van der Waals surface area contributed by atoms with Gasteiger partial charge in [-0.2, -0.15) is 0 Å². The highest BCUT2D eigenvalue weighted by Crippen LogP contribution is 2.19. The number of methoxy groups -OCH3 is 1. The lowest BCUT2D eigenvalue weighted by Crippen LogP contribution is -2.40. The van der Waals surface area contributed by atoms with E-state index < -0.39 is 27.5 Å². The van der Waals surface area contributed by atoms with Gasteiger partial charge in [-0.1, -0.05) is 0 Å². The summed E-state index contributed by atoms with van der Waals surface area (Å²) < 4.78 is 41.5. The summed E-state index contributed by atoms with van der Waals surface area (Å²) in [7, 11) is -2.64. The summed E-state index contributed by atoms with van der Waals surface area (Å²) >= 11 is 0. The van der Waals surface area contributed by atoms with Crippen LogP contribution in [0.2, 0.25) is 0 Å². The van der Waals surface area contributed by atoms with Crippen LogP contribution in [-0.2, 0) is 14.8 Å². The van der Waals surface area contributed by atoms with Crippen molar-refractivity contribution < 1.29 is 31.9 Å². The summed E-state index contributed by atoms with van der Waals surface area (Å²) in [6.07, 6.45) is 0. The maximum Gasteiger partial charge on any atom is 0.379 e. The Morgan fingerprint density at radius 1 is 1.00 bits per heavy atom. The van der Waals surface area contributed by atoms with Crippen LogP contribution in [0.4, 0.5) is 0 Å². The van der Waals surface area contributed by atoms with Crippen molar-refractivity contribution in [3.05, 3.63) is 47.7 Å². The largest absolute Gasteiger partial charge is 0.465 e. The number of carbonyl (C=O) groups excluding carboxylic acids is 2. The summed E-state index contributed by atoms with van der Waals surface area (Å²) in [5.74, 6) is -1.49. The zero-order valence-corrected chi connectivity index (χ0v) is 15.5. The molecule has 0 amide bonds. The Bertz CT molecular complexity index is 905. The van der Waals surface area contributed by atoms with Gasteiger partial charge < -0.3 is 13.9 Å². The normalized spacial score (nSPS) is 11.8. The average Bonchev–Trinajstić information content (AvgIpc) is 3.03. The molecular weight excluding hydrogens is 362 g/mol. The molecule has 140 valence electrons. The molecule has 0 spiro atoms. The first-order valence-electron chi connectivity index (χ1n) is 7.56. The van der Waals surface area contributed by atoms with Gasteiger partial charge in [0.1, 0.15) is 5.75 Å². The molecule has 0 aliphatic rings. The Labute approximate surface area is 151 Å². The molecule has 0 saturated heterocycles. The van der Waals surface area contributed by atoms with E-state index in [1.54, 1.807) is 20.8 Å². The smallest absolute Gasteiger partial charge is 0.379 e. The Kier molecular flexibility index (Phi) is 5.53. The number of nitrogens with one attached hydrogen (secondary N) is 1. The van der Waals surface area contributed by atoms with Gasteiger partial charge in [-0.05, 0) is 57.2 Å². The number of sulfonamides is 1. The first-order chi connectivity index (χ1) is 12.0. The summed E-state index contributed by atoms with van der Waals surface area (Å²) in [4.78, 5) is 23.4. The third-order valence-corrected chi connectivity index (χ3v) is 4.60. The average molecular weight is 381 g/mol. The molecule has 2 rings (SSSR count). The summed E-state index contributed by atoms with van der Waals surface area (Å²) in [6.45, 7) is 5.04. The predicted molar refractivity (Wildman–Crippen MR) is 91.5 cm³/mol. The van der Waals surface area contributed by atoms with Crippen LogP contribution in [0.5, 0.6) is 5.75 Å². The summed E-state index contributed by atoms with van der Waals surface area (Å²) in [5, 5.41) is -0.389. The molecule has 0 aliphatic heterocycles. The molecule has 1 aromatic carbocycles. The molecule has 0 fully saturated rings. The van der Waals surface area contributed by atoms with Gasteiger partial charge in [0, 0.05) is 5.54 Å². The van der Waals surface area contributed by atoms with E-state index in [1.165, 1.54) is 43.5 Å². The van der Waals surface area contributed by atoms with Crippen molar-refractivity contribution in [1.29, 1.82) is 0 Å². The zero-order valence-electron chi connectivity index (χ0n) is 14.7. The third-order valence-electron chi connectivity index (χ3n) is 2.97. The van der Waals surface area contributed by atoms with E-state index in [2.05, 4.69) is 9.46 Å². The van der Waals surface area contributed by atoms with Crippen molar-refractivity contribution in [2.45, 2.75) is 31.4 Å². The fraction of sp³-hybridized carbons (Fsp3) is 0.294. The molecule has 0 unspecified atom stereocenters. The lowest BCUT2D eigenvalue weighted by atomic mass is 10.1. The maximum atomic E-state index is 12.2. The highest BCUT2D eigenvalue weighted by Gasteiger charge is 2.26. The fourth-order valence-corrected chi connectivity index (χ4v) is 3.32. The molecular formula is C17H19NO7S. The number of furan rings is 1. The molecule has 1 N–H and O–H groups in total. The van der Waals surface area contributed by atoms with Crippen molar-refractivity contribution >= 4 is 22.0 Å². The highest BCUT2D eigenvalue weighted by atomic mass is 32.2. The predicted octanol–water partition coefficient (Wildman–Crippen LogP) is 2.36. The third kappa shape index (κ3) is 4.93. The standard InChI is InChI=1S/C17H19NO7S/c1-17(2,3)18-26(21,22)14-10-9-13(25-14)16(20)24-12-7-5-11(6-8-12)15(19)23-4/h5-10,18H,1-4H3. The van der Waals surface area contributed by atoms with Crippen LogP contribution >= 0.6 is 0 Å². The molecule has 0 atom stereocenters. The van der Waals surface area contributed by atoms with Crippen LogP contribution in [0.15, 0.2) is 45.9 Å². The van der Waals surface area contributed by atoms with Gasteiger partial charge in [0.15, 0.2) is 0 Å². The molecule has 0 aliphatic carbocycles. The van der Waals surface area contributed by atoms with Gasteiger partial charge in [0.25, 0.3) is 10.0 Å². The topological polar surface area (TPSA) is 112 Å². The van der Waals surface area contributed by atoms with Crippen LogP contribution in [-0.4, -0.2) is 33.0 Å². The first kappa shape index (κ1) is 19.7. The van der Waals surface area contributed by atoms with Gasteiger partial charge in [-0.3, -0.25) is 0 Å². The zero-order chi connectivity index (χ0) is 19.5. The van der Waals surface area contributed by atoms with E-state index in [0.29, 0.717) is 5.56 Å². The minimum atomic E-state index is -3.90. The van der Waals surface area contributed by atoms with Gasteiger partial charge in [-0.15, -0.1) is 0 Å². The van der Waals surface area contributed by atoms with E-state index in [-0.39, 0.29) is 16.6 Å². The molecule has 8 nitrogen and oxygen atoms in total. The number of hydrogen-bond donors (Lipinski definition) is 1. The molecule has 1 aromatic heterocycles. The highest BCUT2D eigenvalue weighted by molar-refractivity contribution is 7.89. The van der Waals surface area contributed by atoms with Gasteiger partial charge in [0.05, 0.1) is 12.7 Å². The summed E-state index contributed by atoms with van der Waals surface area (Å²) in [5.41, 5.74) is -0.403. The minimum Gasteiger partial charge on any atom is -0.465 e. The van der Waals surface area contributed by atoms with E-state index in [4.69, 9.17) is 9.15 Å². The van der Waals surface area contributed by atoms with Crippen molar-refractivity contribution in [3.8, 4) is 5.75 Å². The lowest BCUT2D eigenvalue weighted by molar-refractivity contribution is 0.0600. The van der Waals surface area contributed by atoms with Gasteiger partial charge in [0.2, 0.25) is 10.9 Å².